The van der Waals surface area contributed by atoms with E-state index in [9.17, 15) is 17.6 Å². The molecule has 0 aliphatic carbocycles. The number of hydrogen-bond acceptors (Lipinski definition) is 3. The molecule has 0 aliphatic rings. The lowest BCUT2D eigenvalue weighted by molar-refractivity contribution is 0.0952. The molecule has 0 bridgehead atoms. The Balaban J connectivity index is 1.80. The molecule has 28 heavy (non-hydrogen) atoms. The molecule has 3 aromatic rings. The van der Waals surface area contributed by atoms with Crippen molar-refractivity contribution < 1.29 is 17.6 Å². The summed E-state index contributed by atoms with van der Waals surface area (Å²) in [5.74, 6) is -0.935. The highest BCUT2D eigenvalue weighted by atomic mass is 32.2. The second-order valence-corrected chi connectivity index (χ2v) is 7.90. The molecule has 2 N–H and O–H groups in total. The lowest BCUT2D eigenvalue weighted by Gasteiger charge is -2.13. The van der Waals surface area contributed by atoms with E-state index in [1.807, 2.05) is 31.2 Å². The van der Waals surface area contributed by atoms with Crippen LogP contribution in [-0.4, -0.2) is 14.3 Å². The number of nitrogens with one attached hydrogen (secondary N) is 2. The summed E-state index contributed by atoms with van der Waals surface area (Å²) in [7, 11) is -3.96. The van der Waals surface area contributed by atoms with Gasteiger partial charge in [-0.25, -0.2) is 12.8 Å². The number of halogens is 1. The van der Waals surface area contributed by atoms with E-state index in [1.165, 1.54) is 24.3 Å². The summed E-state index contributed by atoms with van der Waals surface area (Å²) in [5, 5.41) is 2.81. The van der Waals surface area contributed by atoms with Crippen LogP contribution in [-0.2, 0) is 16.6 Å². The fourth-order valence-electron chi connectivity index (χ4n) is 2.67. The molecule has 0 saturated heterocycles. The average molecular weight is 398 g/mol. The Morgan fingerprint density at radius 1 is 0.929 bits per heavy atom. The Bertz CT molecular complexity index is 1100. The quantitative estimate of drug-likeness (QED) is 0.662. The topological polar surface area (TPSA) is 75.3 Å². The first-order valence-corrected chi connectivity index (χ1v) is 10.1. The maximum Gasteiger partial charge on any atom is 0.261 e. The Kier molecular flexibility index (Phi) is 5.75. The van der Waals surface area contributed by atoms with Crippen LogP contribution in [0.4, 0.5) is 10.1 Å². The smallest absolute Gasteiger partial charge is 0.261 e. The minimum atomic E-state index is -3.96. The second-order valence-electron chi connectivity index (χ2n) is 6.21. The molecular formula is C21H19FN2O3S. The summed E-state index contributed by atoms with van der Waals surface area (Å²) in [4.78, 5) is 12.5. The van der Waals surface area contributed by atoms with Crippen molar-refractivity contribution in [3.8, 4) is 0 Å². The highest BCUT2D eigenvalue weighted by Crippen LogP contribution is 2.20. The first-order valence-electron chi connectivity index (χ1n) is 8.57. The summed E-state index contributed by atoms with van der Waals surface area (Å²) in [5.41, 5.74) is 2.37. The van der Waals surface area contributed by atoms with Crippen molar-refractivity contribution >= 4 is 21.6 Å². The SMILES string of the molecule is Cc1ccccc1CNC(=O)c1ccccc1NS(=O)(=O)c1ccc(F)cc1. The highest BCUT2D eigenvalue weighted by Gasteiger charge is 2.18. The molecule has 3 rings (SSSR count). The predicted octanol–water partition coefficient (Wildman–Crippen LogP) is 3.86. The van der Waals surface area contributed by atoms with Gasteiger partial charge in [-0.05, 0) is 54.4 Å². The molecule has 0 radical (unpaired) electrons. The number of sulfonamides is 1. The Labute approximate surface area is 163 Å². The van der Waals surface area contributed by atoms with Gasteiger partial charge in [0.2, 0.25) is 0 Å². The third-order valence-electron chi connectivity index (χ3n) is 4.24. The summed E-state index contributed by atoms with van der Waals surface area (Å²) >= 11 is 0. The van der Waals surface area contributed by atoms with Crippen LogP contribution in [0, 0.1) is 12.7 Å². The predicted molar refractivity (Wildman–Crippen MR) is 106 cm³/mol. The minimum Gasteiger partial charge on any atom is -0.348 e. The summed E-state index contributed by atoms with van der Waals surface area (Å²) in [6.07, 6.45) is 0. The van der Waals surface area contributed by atoms with Crippen LogP contribution in [0.5, 0.6) is 0 Å². The molecule has 0 saturated carbocycles. The number of rotatable bonds is 6. The van der Waals surface area contributed by atoms with Gasteiger partial charge in [0, 0.05) is 6.54 Å². The van der Waals surface area contributed by atoms with Crippen LogP contribution in [0.2, 0.25) is 0 Å². The van der Waals surface area contributed by atoms with Gasteiger partial charge in [-0.3, -0.25) is 9.52 Å². The lowest BCUT2D eigenvalue weighted by atomic mass is 10.1. The highest BCUT2D eigenvalue weighted by molar-refractivity contribution is 7.92. The summed E-state index contributed by atoms with van der Waals surface area (Å²) in [6, 6.07) is 18.4. The van der Waals surface area contributed by atoms with Gasteiger partial charge in [-0.1, -0.05) is 36.4 Å². The standard InChI is InChI=1S/C21H19FN2O3S/c1-15-6-2-3-7-16(15)14-23-21(25)19-8-4-5-9-20(19)24-28(26,27)18-12-10-17(22)11-13-18/h2-13,24H,14H2,1H3,(H,23,25). The van der Waals surface area contributed by atoms with E-state index in [4.69, 9.17) is 0 Å². The van der Waals surface area contributed by atoms with Crippen molar-refractivity contribution in [2.75, 3.05) is 4.72 Å². The number of amides is 1. The molecule has 0 atom stereocenters. The van der Waals surface area contributed by atoms with E-state index >= 15 is 0 Å². The van der Waals surface area contributed by atoms with Crippen LogP contribution in [0.15, 0.2) is 77.7 Å². The zero-order valence-corrected chi connectivity index (χ0v) is 16.0. The minimum absolute atomic E-state index is 0.0935. The summed E-state index contributed by atoms with van der Waals surface area (Å²) in [6.45, 7) is 2.27. The van der Waals surface area contributed by atoms with Crippen molar-refractivity contribution in [3.63, 3.8) is 0 Å². The number of carbonyl (C=O) groups excluding carboxylic acids is 1. The van der Waals surface area contributed by atoms with Gasteiger partial charge in [0.1, 0.15) is 5.82 Å². The van der Waals surface area contributed by atoms with Crippen LogP contribution in [0.3, 0.4) is 0 Å². The molecule has 5 nitrogen and oxygen atoms in total. The number of anilines is 1. The van der Waals surface area contributed by atoms with Crippen molar-refractivity contribution in [1.82, 2.24) is 5.32 Å². The molecule has 0 unspecified atom stereocenters. The fourth-order valence-corrected chi connectivity index (χ4v) is 3.75. The molecule has 0 heterocycles. The Hall–Kier alpha value is -3.19. The largest absolute Gasteiger partial charge is 0.348 e. The summed E-state index contributed by atoms with van der Waals surface area (Å²) < 4.78 is 40.6. The van der Waals surface area contributed by atoms with Crippen molar-refractivity contribution in [3.05, 3.63) is 95.3 Å². The third kappa shape index (κ3) is 4.55. The van der Waals surface area contributed by atoms with Crippen LogP contribution < -0.4 is 10.0 Å². The first-order chi connectivity index (χ1) is 13.4. The van der Waals surface area contributed by atoms with E-state index in [0.29, 0.717) is 6.54 Å². The number of hydrogen-bond donors (Lipinski definition) is 2. The van der Waals surface area contributed by atoms with E-state index in [1.54, 1.807) is 12.1 Å². The van der Waals surface area contributed by atoms with Crippen LogP contribution in [0.1, 0.15) is 21.5 Å². The molecule has 144 valence electrons. The van der Waals surface area contributed by atoms with Gasteiger partial charge in [-0.2, -0.15) is 0 Å². The number of carbonyl (C=O) groups is 1. The lowest BCUT2D eigenvalue weighted by Crippen LogP contribution is -2.25. The number of aryl methyl sites for hydroxylation is 1. The second kappa shape index (κ2) is 8.22. The molecule has 0 fully saturated rings. The zero-order chi connectivity index (χ0) is 20.1. The number of benzene rings is 3. The maximum atomic E-state index is 13.1. The molecule has 7 heteroatoms. The normalized spacial score (nSPS) is 11.1. The van der Waals surface area contributed by atoms with Gasteiger partial charge in [0.25, 0.3) is 15.9 Å². The van der Waals surface area contributed by atoms with Crippen LogP contribution >= 0.6 is 0 Å². The first kappa shape index (κ1) is 19.6. The van der Waals surface area contributed by atoms with Gasteiger partial charge in [-0.15, -0.1) is 0 Å². The third-order valence-corrected chi connectivity index (χ3v) is 5.62. The van der Waals surface area contributed by atoms with Crippen LogP contribution in [0.25, 0.3) is 0 Å². The zero-order valence-electron chi connectivity index (χ0n) is 15.1. The van der Waals surface area contributed by atoms with Gasteiger partial charge >= 0.3 is 0 Å². The van der Waals surface area contributed by atoms with E-state index in [0.717, 1.165) is 23.3 Å². The molecule has 0 aliphatic heterocycles. The fraction of sp³-hybridized carbons (Fsp3) is 0.0952. The molecular weight excluding hydrogens is 379 g/mol. The molecule has 0 spiro atoms. The van der Waals surface area contributed by atoms with Gasteiger partial charge in [0.05, 0.1) is 16.1 Å². The average Bonchev–Trinajstić information content (AvgIpc) is 2.67. The monoisotopic (exact) mass is 398 g/mol. The Morgan fingerprint density at radius 2 is 1.57 bits per heavy atom. The molecule has 0 aromatic heterocycles. The van der Waals surface area contributed by atoms with Gasteiger partial charge < -0.3 is 5.32 Å². The maximum absolute atomic E-state index is 13.1. The van der Waals surface area contributed by atoms with E-state index in [-0.39, 0.29) is 16.1 Å². The van der Waals surface area contributed by atoms with Crippen molar-refractivity contribution in [2.24, 2.45) is 0 Å². The van der Waals surface area contributed by atoms with Crippen molar-refractivity contribution in [1.29, 1.82) is 0 Å². The molecule has 1 amide bonds. The van der Waals surface area contributed by atoms with E-state index in [2.05, 4.69) is 10.0 Å². The Morgan fingerprint density at radius 3 is 2.29 bits per heavy atom. The van der Waals surface area contributed by atoms with Gasteiger partial charge in [0.15, 0.2) is 0 Å². The van der Waals surface area contributed by atoms with Crippen molar-refractivity contribution in [2.45, 2.75) is 18.4 Å². The van der Waals surface area contributed by atoms with E-state index < -0.39 is 21.7 Å². The number of para-hydroxylation sites is 1. The molecule has 3 aromatic carbocycles.